The number of hydrogen-bond donors (Lipinski definition) is 1. The lowest BCUT2D eigenvalue weighted by molar-refractivity contribution is -0.125. The van der Waals surface area contributed by atoms with Crippen molar-refractivity contribution in [3.8, 4) is 10.9 Å². The Morgan fingerprint density at radius 3 is 2.67 bits per heavy atom. The number of carbonyl (C=O) groups is 1. The molecule has 0 unspecified atom stereocenters. The van der Waals surface area contributed by atoms with Gasteiger partial charge in [-0.05, 0) is 56.5 Å². The van der Waals surface area contributed by atoms with Gasteiger partial charge >= 0.3 is 0 Å². The molecule has 0 aliphatic carbocycles. The van der Waals surface area contributed by atoms with Crippen molar-refractivity contribution in [1.29, 1.82) is 0 Å². The van der Waals surface area contributed by atoms with Crippen LogP contribution in [-0.4, -0.2) is 39.9 Å². The van der Waals surface area contributed by atoms with Gasteiger partial charge in [-0.3, -0.25) is 9.36 Å². The molecule has 0 radical (unpaired) electrons. The van der Waals surface area contributed by atoms with Gasteiger partial charge < -0.3 is 15.0 Å². The Kier molecular flexibility index (Phi) is 6.32. The number of aromatic nitrogens is 3. The van der Waals surface area contributed by atoms with Crippen LogP contribution in [0.5, 0.6) is 5.75 Å². The summed E-state index contributed by atoms with van der Waals surface area (Å²) < 4.78 is 7.62. The maximum Gasteiger partial charge on any atom is 0.225 e. The predicted octanol–water partition coefficient (Wildman–Crippen LogP) is 3.65. The van der Waals surface area contributed by atoms with Crippen LogP contribution in [-0.2, 0) is 11.3 Å². The molecular formula is C22H27N5O2S. The van der Waals surface area contributed by atoms with Crippen LogP contribution in [0.2, 0.25) is 0 Å². The molecule has 0 bridgehead atoms. The summed E-state index contributed by atoms with van der Waals surface area (Å²) in [6.07, 6.45) is 5.93. The number of nitrogens with zero attached hydrogens (tertiary/aromatic N) is 4. The first-order valence-electron chi connectivity index (χ1n) is 10.3. The average molecular weight is 426 g/mol. The molecule has 1 saturated heterocycles. The molecule has 30 heavy (non-hydrogen) atoms. The second-order valence-corrected chi connectivity index (χ2v) is 8.71. The molecule has 7 nitrogen and oxygen atoms in total. The number of benzene rings is 1. The third-order valence-electron chi connectivity index (χ3n) is 5.05. The van der Waals surface area contributed by atoms with Gasteiger partial charge in [0, 0.05) is 32.0 Å². The quantitative estimate of drug-likeness (QED) is 0.626. The molecule has 1 aromatic carbocycles. The number of amides is 1. The summed E-state index contributed by atoms with van der Waals surface area (Å²) in [6.45, 7) is 6.11. The Hall–Kier alpha value is -2.87. The Balaban J connectivity index is 1.31. The van der Waals surface area contributed by atoms with Gasteiger partial charge in [0.15, 0.2) is 0 Å². The van der Waals surface area contributed by atoms with Crippen LogP contribution in [0.4, 0.5) is 5.13 Å². The summed E-state index contributed by atoms with van der Waals surface area (Å²) in [5, 5.41) is 13.4. The third-order valence-corrected chi connectivity index (χ3v) is 6.05. The van der Waals surface area contributed by atoms with Gasteiger partial charge in [-0.15, -0.1) is 10.2 Å². The van der Waals surface area contributed by atoms with Crippen LogP contribution >= 0.6 is 11.3 Å². The third kappa shape index (κ3) is 4.99. The van der Waals surface area contributed by atoms with Gasteiger partial charge in [-0.1, -0.05) is 23.5 Å². The largest absolute Gasteiger partial charge is 0.491 e. The molecule has 3 heterocycles. The molecule has 2 aromatic heterocycles. The molecule has 1 N–H and O–H groups in total. The Bertz CT molecular complexity index is 952. The molecule has 8 heteroatoms. The van der Waals surface area contributed by atoms with Crippen molar-refractivity contribution in [3.63, 3.8) is 0 Å². The number of ether oxygens (including phenoxy) is 1. The smallest absolute Gasteiger partial charge is 0.225 e. The maximum absolute atomic E-state index is 12.8. The van der Waals surface area contributed by atoms with Crippen molar-refractivity contribution in [3.05, 3.63) is 54.4 Å². The van der Waals surface area contributed by atoms with Gasteiger partial charge in [0.25, 0.3) is 0 Å². The number of anilines is 1. The van der Waals surface area contributed by atoms with Crippen molar-refractivity contribution >= 4 is 22.4 Å². The Morgan fingerprint density at radius 2 is 1.93 bits per heavy atom. The highest BCUT2D eigenvalue weighted by Gasteiger charge is 2.27. The first kappa shape index (κ1) is 20.4. The van der Waals surface area contributed by atoms with E-state index in [1.807, 2.05) is 67.2 Å². The van der Waals surface area contributed by atoms with Crippen LogP contribution in [0.15, 0.2) is 48.8 Å². The number of piperidine rings is 1. The predicted molar refractivity (Wildman–Crippen MR) is 118 cm³/mol. The molecule has 4 rings (SSSR count). The van der Waals surface area contributed by atoms with Crippen LogP contribution in [0.3, 0.4) is 0 Å². The van der Waals surface area contributed by atoms with Crippen molar-refractivity contribution in [2.45, 2.75) is 39.3 Å². The highest BCUT2D eigenvalue weighted by Crippen LogP contribution is 2.28. The van der Waals surface area contributed by atoms with Crippen molar-refractivity contribution in [1.82, 2.24) is 20.1 Å². The first-order valence-corrected chi connectivity index (χ1v) is 11.2. The van der Waals surface area contributed by atoms with Crippen molar-refractivity contribution in [2.75, 3.05) is 18.0 Å². The van der Waals surface area contributed by atoms with E-state index in [1.165, 1.54) is 0 Å². The Labute approximate surface area is 180 Å². The van der Waals surface area contributed by atoms with E-state index < -0.39 is 0 Å². The second-order valence-electron chi connectivity index (χ2n) is 7.77. The second kappa shape index (κ2) is 9.30. The van der Waals surface area contributed by atoms with Crippen LogP contribution in [0.1, 0.15) is 32.3 Å². The lowest BCUT2D eigenvalue weighted by Crippen LogP contribution is -2.43. The number of nitrogens with one attached hydrogen (secondary N) is 1. The van der Waals surface area contributed by atoms with Crippen molar-refractivity contribution < 1.29 is 9.53 Å². The lowest BCUT2D eigenvalue weighted by Gasteiger charge is -2.31. The summed E-state index contributed by atoms with van der Waals surface area (Å²) in [5.41, 5.74) is 1.06. The zero-order chi connectivity index (χ0) is 20.9. The summed E-state index contributed by atoms with van der Waals surface area (Å²) >= 11 is 1.55. The molecule has 1 aliphatic rings. The zero-order valence-electron chi connectivity index (χ0n) is 17.3. The summed E-state index contributed by atoms with van der Waals surface area (Å²) in [7, 11) is 0. The summed E-state index contributed by atoms with van der Waals surface area (Å²) in [5.74, 6) is 0.901. The molecule has 0 saturated carbocycles. The first-order chi connectivity index (χ1) is 14.6. The molecule has 1 fully saturated rings. The van der Waals surface area contributed by atoms with Gasteiger partial charge in [0.2, 0.25) is 16.2 Å². The van der Waals surface area contributed by atoms with Crippen LogP contribution in [0, 0.1) is 5.92 Å². The standard InChI is InChI=1S/C22H27N5O2S/c1-16(2)29-19-9-7-17(8-10-19)14-23-20(28)18-6-5-13-27(15-18)22-25-24-21(30-22)26-11-3-4-12-26/h3-4,7-12,16,18H,5-6,13-15H2,1-2H3,(H,23,28)/t18-/m1/s1. The van der Waals surface area contributed by atoms with Crippen molar-refractivity contribution in [2.24, 2.45) is 5.92 Å². The number of hydrogen-bond acceptors (Lipinski definition) is 6. The highest BCUT2D eigenvalue weighted by atomic mass is 32.1. The highest BCUT2D eigenvalue weighted by molar-refractivity contribution is 7.17. The van der Waals surface area contributed by atoms with Gasteiger partial charge in [-0.25, -0.2) is 0 Å². The summed E-state index contributed by atoms with van der Waals surface area (Å²) in [6, 6.07) is 11.8. The zero-order valence-corrected chi connectivity index (χ0v) is 18.1. The lowest BCUT2D eigenvalue weighted by atomic mass is 9.97. The fraction of sp³-hybridized carbons (Fsp3) is 0.409. The van der Waals surface area contributed by atoms with Gasteiger partial charge in [0.05, 0.1) is 12.0 Å². The molecule has 1 aliphatic heterocycles. The number of rotatable bonds is 7. The Morgan fingerprint density at radius 1 is 1.20 bits per heavy atom. The SMILES string of the molecule is CC(C)Oc1ccc(CNC(=O)[C@@H]2CCCN(c3nnc(-n4cccc4)s3)C2)cc1. The normalized spacial score (nSPS) is 16.6. The molecule has 0 spiro atoms. The topological polar surface area (TPSA) is 72.3 Å². The molecule has 1 amide bonds. The minimum Gasteiger partial charge on any atom is -0.491 e. The van der Waals surface area contributed by atoms with E-state index in [0.29, 0.717) is 13.1 Å². The van der Waals surface area contributed by atoms with E-state index in [0.717, 1.165) is 41.0 Å². The van der Waals surface area contributed by atoms with Gasteiger partial charge in [0.1, 0.15) is 5.75 Å². The fourth-order valence-corrected chi connectivity index (χ4v) is 4.41. The van der Waals surface area contributed by atoms with E-state index in [9.17, 15) is 4.79 Å². The molecular weight excluding hydrogens is 398 g/mol. The van der Waals surface area contributed by atoms with Gasteiger partial charge in [-0.2, -0.15) is 0 Å². The maximum atomic E-state index is 12.8. The fourth-order valence-electron chi connectivity index (χ4n) is 3.56. The van der Waals surface area contributed by atoms with E-state index in [-0.39, 0.29) is 17.9 Å². The van der Waals surface area contributed by atoms with E-state index >= 15 is 0 Å². The monoisotopic (exact) mass is 425 g/mol. The minimum atomic E-state index is -0.0405. The minimum absolute atomic E-state index is 0.0405. The summed E-state index contributed by atoms with van der Waals surface area (Å²) in [4.78, 5) is 14.9. The van der Waals surface area contributed by atoms with Crippen LogP contribution < -0.4 is 15.0 Å². The van der Waals surface area contributed by atoms with E-state index in [2.05, 4.69) is 20.4 Å². The number of carbonyl (C=O) groups excluding carboxylic acids is 1. The van der Waals surface area contributed by atoms with E-state index in [4.69, 9.17) is 4.74 Å². The van der Waals surface area contributed by atoms with Crippen LogP contribution in [0.25, 0.3) is 5.13 Å². The van der Waals surface area contributed by atoms with E-state index in [1.54, 1.807) is 11.3 Å². The molecule has 3 aromatic rings. The molecule has 1 atom stereocenters. The molecule has 158 valence electrons. The average Bonchev–Trinajstić information content (AvgIpc) is 3.44.